The van der Waals surface area contributed by atoms with Crippen LogP contribution < -0.4 is 5.32 Å². The van der Waals surface area contributed by atoms with E-state index in [9.17, 15) is 9.59 Å². The molecule has 0 aromatic heterocycles. The maximum Gasteiger partial charge on any atom is 0.312 e. The fraction of sp³-hybridized carbons (Fsp3) is 0.250. The van der Waals surface area contributed by atoms with Crippen LogP contribution in [-0.2, 0) is 9.59 Å². The number of aliphatic carboxylic acids is 1. The van der Waals surface area contributed by atoms with Gasteiger partial charge in [0, 0.05) is 0 Å². The van der Waals surface area contributed by atoms with Crippen LogP contribution >= 0.6 is 0 Å². The number of nitrogens with one attached hydrogen (secondary N) is 1. The summed E-state index contributed by atoms with van der Waals surface area (Å²) in [6, 6.07) is 0. The molecule has 1 amide bonds. The SMILES string of the molecule is N#CNC(=O)CC(=O)O. The maximum absolute atomic E-state index is 10.1. The van der Waals surface area contributed by atoms with Gasteiger partial charge in [-0.05, 0) is 0 Å². The zero-order valence-corrected chi connectivity index (χ0v) is 4.42. The molecule has 0 aliphatic heterocycles. The molecule has 0 aromatic carbocycles. The molecule has 2 N–H and O–H groups in total. The van der Waals surface area contributed by atoms with Crippen molar-refractivity contribution in [2.75, 3.05) is 0 Å². The first-order valence-corrected chi connectivity index (χ1v) is 2.06. The second kappa shape index (κ2) is 3.43. The molecule has 0 heterocycles. The predicted octanol–water partition coefficient (Wildman–Crippen LogP) is -0.942. The summed E-state index contributed by atoms with van der Waals surface area (Å²) in [6.45, 7) is 0. The number of nitrogens with zero attached hydrogens (tertiary/aromatic N) is 1. The average molecular weight is 128 g/mol. The smallest absolute Gasteiger partial charge is 0.312 e. The van der Waals surface area contributed by atoms with Crippen molar-refractivity contribution in [3.63, 3.8) is 0 Å². The molecule has 0 rings (SSSR count). The molecule has 0 spiro atoms. The number of nitriles is 1. The van der Waals surface area contributed by atoms with E-state index in [1.165, 1.54) is 6.19 Å². The highest BCUT2D eigenvalue weighted by atomic mass is 16.4. The van der Waals surface area contributed by atoms with Gasteiger partial charge >= 0.3 is 5.97 Å². The molecule has 0 fully saturated rings. The maximum atomic E-state index is 10.1. The van der Waals surface area contributed by atoms with Crippen molar-refractivity contribution in [3.8, 4) is 6.19 Å². The van der Waals surface area contributed by atoms with Gasteiger partial charge in [0.25, 0.3) is 0 Å². The third-order valence-electron chi connectivity index (χ3n) is 0.507. The molecule has 48 valence electrons. The third-order valence-corrected chi connectivity index (χ3v) is 0.507. The zero-order chi connectivity index (χ0) is 7.28. The minimum Gasteiger partial charge on any atom is -0.481 e. The Balaban J connectivity index is 3.54. The van der Waals surface area contributed by atoms with Crippen LogP contribution in [-0.4, -0.2) is 17.0 Å². The van der Waals surface area contributed by atoms with Crippen molar-refractivity contribution in [1.29, 1.82) is 5.26 Å². The van der Waals surface area contributed by atoms with Crippen LogP contribution in [0, 0.1) is 11.5 Å². The Morgan fingerprint density at radius 1 is 1.67 bits per heavy atom. The molecular formula is C4H4N2O3. The molecule has 0 aliphatic rings. The summed E-state index contributed by atoms with van der Waals surface area (Å²) in [6.07, 6.45) is 0.651. The molecule has 0 aromatic rings. The van der Waals surface area contributed by atoms with Crippen LogP contribution in [0.1, 0.15) is 6.42 Å². The molecule has 9 heavy (non-hydrogen) atoms. The Hall–Kier alpha value is -1.57. The minimum absolute atomic E-state index is 0.659. The topological polar surface area (TPSA) is 90.2 Å². The van der Waals surface area contributed by atoms with Crippen LogP contribution in [0.25, 0.3) is 0 Å². The highest BCUT2D eigenvalue weighted by Gasteiger charge is 2.04. The number of amides is 1. The lowest BCUT2D eigenvalue weighted by atomic mass is 10.4. The minimum atomic E-state index is -1.25. The summed E-state index contributed by atoms with van der Waals surface area (Å²) < 4.78 is 0. The van der Waals surface area contributed by atoms with Crippen molar-refractivity contribution in [2.24, 2.45) is 0 Å². The fourth-order valence-corrected chi connectivity index (χ4v) is 0.244. The first-order chi connectivity index (χ1) is 4.16. The molecule has 0 saturated heterocycles. The number of carbonyl (C=O) groups excluding carboxylic acids is 1. The van der Waals surface area contributed by atoms with Gasteiger partial charge in [-0.2, -0.15) is 5.26 Å². The molecular weight excluding hydrogens is 124 g/mol. The number of carboxylic acid groups (broad SMARTS) is 1. The van der Waals surface area contributed by atoms with Crippen molar-refractivity contribution in [2.45, 2.75) is 6.42 Å². The van der Waals surface area contributed by atoms with E-state index < -0.39 is 18.3 Å². The standard InChI is InChI=1S/C4H4N2O3/c5-2-6-3(7)1-4(8)9/h1H2,(H,6,7)(H,8,9). The van der Waals surface area contributed by atoms with Crippen LogP contribution in [0.15, 0.2) is 0 Å². The van der Waals surface area contributed by atoms with Crippen molar-refractivity contribution in [3.05, 3.63) is 0 Å². The lowest BCUT2D eigenvalue weighted by Crippen LogP contribution is -2.20. The molecule has 0 saturated carbocycles. The van der Waals surface area contributed by atoms with Gasteiger partial charge in [0.15, 0.2) is 6.19 Å². The number of hydrogen-bond donors (Lipinski definition) is 2. The van der Waals surface area contributed by atoms with Crippen molar-refractivity contribution in [1.82, 2.24) is 5.32 Å². The van der Waals surface area contributed by atoms with Crippen LogP contribution in [0.2, 0.25) is 0 Å². The highest BCUT2D eigenvalue weighted by Crippen LogP contribution is 1.75. The van der Waals surface area contributed by atoms with Gasteiger partial charge in [-0.1, -0.05) is 0 Å². The third kappa shape index (κ3) is 4.28. The van der Waals surface area contributed by atoms with Crippen LogP contribution in [0.3, 0.4) is 0 Å². The summed E-state index contributed by atoms with van der Waals surface area (Å²) in [4.78, 5) is 19.9. The molecule has 0 bridgehead atoms. The lowest BCUT2D eigenvalue weighted by molar-refractivity contribution is -0.140. The summed E-state index contributed by atoms with van der Waals surface area (Å²) in [5, 5.41) is 17.4. The Morgan fingerprint density at radius 3 is 2.56 bits per heavy atom. The van der Waals surface area contributed by atoms with Gasteiger partial charge in [0.1, 0.15) is 6.42 Å². The Bertz CT molecular complexity index is 169. The summed E-state index contributed by atoms with van der Waals surface area (Å²) in [7, 11) is 0. The monoisotopic (exact) mass is 128 g/mol. The Morgan fingerprint density at radius 2 is 2.22 bits per heavy atom. The second-order valence-electron chi connectivity index (χ2n) is 1.23. The Labute approximate surface area is 50.9 Å². The molecule has 0 atom stereocenters. The zero-order valence-electron chi connectivity index (χ0n) is 4.42. The van der Waals surface area contributed by atoms with Gasteiger partial charge < -0.3 is 5.11 Å². The van der Waals surface area contributed by atoms with Gasteiger partial charge in [-0.15, -0.1) is 0 Å². The van der Waals surface area contributed by atoms with E-state index in [1.54, 1.807) is 5.32 Å². The molecule has 0 aliphatic carbocycles. The Kier molecular flexibility index (Phi) is 2.84. The van der Waals surface area contributed by atoms with E-state index in [0.717, 1.165) is 0 Å². The lowest BCUT2D eigenvalue weighted by Gasteiger charge is -1.87. The fourth-order valence-electron chi connectivity index (χ4n) is 0.244. The van der Waals surface area contributed by atoms with E-state index in [4.69, 9.17) is 10.4 Å². The summed E-state index contributed by atoms with van der Waals surface area (Å²) in [5.74, 6) is -2.05. The normalized spacial score (nSPS) is 7.44. The predicted molar refractivity (Wildman–Crippen MR) is 26.0 cm³/mol. The van der Waals surface area contributed by atoms with E-state index >= 15 is 0 Å². The first-order valence-electron chi connectivity index (χ1n) is 2.06. The van der Waals surface area contributed by atoms with E-state index in [0.29, 0.717) is 0 Å². The van der Waals surface area contributed by atoms with Gasteiger partial charge in [-0.25, -0.2) is 0 Å². The quantitative estimate of drug-likeness (QED) is 0.285. The molecule has 5 nitrogen and oxygen atoms in total. The van der Waals surface area contributed by atoms with Crippen LogP contribution in [0.5, 0.6) is 0 Å². The average Bonchev–Trinajstić information content (AvgIpc) is 1.63. The van der Waals surface area contributed by atoms with E-state index in [1.807, 2.05) is 0 Å². The summed E-state index contributed by atoms with van der Waals surface area (Å²) in [5.41, 5.74) is 0. The van der Waals surface area contributed by atoms with Gasteiger partial charge in [0.2, 0.25) is 5.91 Å². The van der Waals surface area contributed by atoms with Crippen LogP contribution in [0.4, 0.5) is 0 Å². The number of hydrogen-bond acceptors (Lipinski definition) is 3. The number of carbonyl (C=O) groups is 2. The largest absolute Gasteiger partial charge is 0.481 e. The first kappa shape index (κ1) is 7.43. The highest BCUT2D eigenvalue weighted by molar-refractivity contribution is 5.93. The van der Waals surface area contributed by atoms with Crippen molar-refractivity contribution < 1.29 is 14.7 Å². The number of carboxylic acids is 1. The van der Waals surface area contributed by atoms with Gasteiger partial charge in [-0.3, -0.25) is 14.9 Å². The van der Waals surface area contributed by atoms with Crippen molar-refractivity contribution >= 4 is 11.9 Å². The summed E-state index contributed by atoms with van der Waals surface area (Å²) >= 11 is 0. The van der Waals surface area contributed by atoms with E-state index in [2.05, 4.69) is 0 Å². The van der Waals surface area contributed by atoms with Gasteiger partial charge in [0.05, 0.1) is 0 Å². The molecule has 5 heteroatoms. The van der Waals surface area contributed by atoms with E-state index in [-0.39, 0.29) is 0 Å². The molecule has 0 unspecified atom stereocenters. The second-order valence-corrected chi connectivity index (χ2v) is 1.23. The number of rotatable bonds is 2. The molecule has 0 radical (unpaired) electrons.